The minimum absolute atomic E-state index is 0.195. The number of rotatable bonds is 6. The van der Waals surface area contributed by atoms with Crippen LogP contribution >= 0.6 is 11.3 Å². The zero-order chi connectivity index (χ0) is 20.9. The Balaban J connectivity index is 1.45. The van der Waals surface area contributed by atoms with Crippen molar-refractivity contribution in [1.82, 2.24) is 15.6 Å². The van der Waals surface area contributed by atoms with Crippen LogP contribution < -0.4 is 20.3 Å². The molecule has 1 aliphatic heterocycles. The number of nitrogens with zero attached hydrogens (tertiary/aromatic N) is 3. The monoisotopic (exact) mass is 427 g/mol. The van der Waals surface area contributed by atoms with Crippen molar-refractivity contribution in [2.75, 3.05) is 38.7 Å². The fraction of sp³-hybridized carbons (Fsp3) is 0.474. The Morgan fingerprint density at radius 3 is 2.90 bits per heavy atom. The molecule has 29 heavy (non-hydrogen) atoms. The van der Waals surface area contributed by atoms with Crippen LogP contribution in [-0.4, -0.2) is 44.7 Å². The third-order valence-corrected chi connectivity index (χ3v) is 5.58. The van der Waals surface area contributed by atoms with Crippen LogP contribution in [0, 0.1) is 5.92 Å². The molecule has 0 amide bonds. The number of methoxy groups -OCH3 is 1. The highest BCUT2D eigenvalue weighted by atomic mass is 32.1. The number of thiazole rings is 1. The Morgan fingerprint density at radius 2 is 2.21 bits per heavy atom. The molecular weight excluding hydrogens is 403 g/mol. The first-order valence-electron chi connectivity index (χ1n) is 9.24. The number of alkyl halides is 3. The summed E-state index contributed by atoms with van der Waals surface area (Å²) in [5.41, 5.74) is 0.282. The van der Waals surface area contributed by atoms with Crippen molar-refractivity contribution in [2.45, 2.75) is 19.1 Å². The molecule has 1 aliphatic rings. The fourth-order valence-electron chi connectivity index (χ4n) is 3.18. The molecule has 1 saturated heterocycles. The summed E-state index contributed by atoms with van der Waals surface area (Å²) >= 11 is 0.980. The molecule has 2 N–H and O–H groups in total. The summed E-state index contributed by atoms with van der Waals surface area (Å²) in [4.78, 5) is 10.1. The van der Waals surface area contributed by atoms with Gasteiger partial charge < -0.3 is 20.3 Å². The average Bonchev–Trinajstić information content (AvgIpc) is 3.38. The maximum Gasteiger partial charge on any atom is 0.434 e. The lowest BCUT2D eigenvalue weighted by Gasteiger charge is -2.20. The van der Waals surface area contributed by atoms with Crippen LogP contribution in [0.15, 0.2) is 34.6 Å². The Hall–Kier alpha value is -2.49. The maximum absolute atomic E-state index is 12.6. The first-order valence-corrected chi connectivity index (χ1v) is 10.1. The minimum atomic E-state index is -4.41. The smallest absolute Gasteiger partial charge is 0.434 e. The molecule has 1 aromatic heterocycles. The van der Waals surface area contributed by atoms with E-state index in [1.807, 2.05) is 18.2 Å². The molecule has 0 saturated carbocycles. The second kappa shape index (κ2) is 9.34. The van der Waals surface area contributed by atoms with E-state index in [-0.39, 0.29) is 6.54 Å². The first-order chi connectivity index (χ1) is 13.9. The van der Waals surface area contributed by atoms with E-state index in [0.717, 1.165) is 54.2 Å². The summed E-state index contributed by atoms with van der Waals surface area (Å²) in [7, 11) is 3.29. The standard InChI is InChI=1S/C19H24F3N5OS/c1-23-18(25-10-17-26-16(12-29-17)19(20,21)22)24-9-13-6-7-27(11-13)14-4-3-5-15(8-14)28-2/h3-5,8,12-13H,6-7,9-11H2,1-2H3,(H2,23,24,25). The predicted molar refractivity (Wildman–Crippen MR) is 109 cm³/mol. The molecule has 2 heterocycles. The number of anilines is 1. The van der Waals surface area contributed by atoms with Crippen molar-refractivity contribution in [1.29, 1.82) is 0 Å². The third-order valence-electron chi connectivity index (χ3n) is 4.74. The van der Waals surface area contributed by atoms with Gasteiger partial charge in [0.1, 0.15) is 10.8 Å². The molecule has 0 bridgehead atoms. The van der Waals surface area contributed by atoms with Gasteiger partial charge in [0.25, 0.3) is 0 Å². The van der Waals surface area contributed by atoms with Gasteiger partial charge in [-0.05, 0) is 24.5 Å². The van der Waals surface area contributed by atoms with E-state index in [1.165, 1.54) is 0 Å². The van der Waals surface area contributed by atoms with Crippen LogP contribution in [0.4, 0.5) is 18.9 Å². The first kappa shape index (κ1) is 21.2. The van der Waals surface area contributed by atoms with E-state index in [9.17, 15) is 13.2 Å². The molecule has 0 spiro atoms. The number of benzene rings is 1. The van der Waals surface area contributed by atoms with E-state index in [1.54, 1.807) is 14.2 Å². The van der Waals surface area contributed by atoms with Gasteiger partial charge in [0.05, 0.1) is 13.7 Å². The second-order valence-electron chi connectivity index (χ2n) is 6.73. The Labute approximate surface area is 171 Å². The van der Waals surface area contributed by atoms with Crippen molar-refractivity contribution >= 4 is 23.0 Å². The van der Waals surface area contributed by atoms with Crippen molar-refractivity contribution in [3.63, 3.8) is 0 Å². The molecule has 0 aliphatic carbocycles. The highest BCUT2D eigenvalue weighted by molar-refractivity contribution is 7.09. The van der Waals surface area contributed by atoms with Gasteiger partial charge in [0.15, 0.2) is 11.7 Å². The predicted octanol–water partition coefficient (Wildman–Crippen LogP) is 3.36. The second-order valence-corrected chi connectivity index (χ2v) is 7.68. The van der Waals surface area contributed by atoms with E-state index in [0.29, 0.717) is 16.9 Å². The normalized spacial score (nSPS) is 17.5. The van der Waals surface area contributed by atoms with E-state index >= 15 is 0 Å². The lowest BCUT2D eigenvalue weighted by atomic mass is 10.1. The average molecular weight is 427 g/mol. The molecule has 1 fully saturated rings. The third kappa shape index (κ3) is 5.75. The van der Waals surface area contributed by atoms with Gasteiger partial charge in [-0.1, -0.05) is 6.07 Å². The molecule has 1 atom stereocenters. The van der Waals surface area contributed by atoms with Crippen LogP contribution in [0.3, 0.4) is 0 Å². The highest BCUT2D eigenvalue weighted by Crippen LogP contribution is 2.30. The van der Waals surface area contributed by atoms with Gasteiger partial charge in [-0.25, -0.2) is 4.98 Å². The molecular formula is C19H24F3N5OS. The largest absolute Gasteiger partial charge is 0.497 e. The zero-order valence-corrected chi connectivity index (χ0v) is 17.1. The zero-order valence-electron chi connectivity index (χ0n) is 16.3. The quantitative estimate of drug-likeness (QED) is 0.547. The van der Waals surface area contributed by atoms with Crippen LogP contribution in [0.25, 0.3) is 0 Å². The van der Waals surface area contributed by atoms with Crippen LogP contribution in [0.1, 0.15) is 17.1 Å². The van der Waals surface area contributed by atoms with Crippen molar-refractivity contribution in [2.24, 2.45) is 10.9 Å². The maximum atomic E-state index is 12.6. The molecule has 10 heteroatoms. The van der Waals surface area contributed by atoms with Gasteiger partial charge >= 0.3 is 6.18 Å². The lowest BCUT2D eigenvalue weighted by molar-refractivity contribution is -0.140. The Bertz CT molecular complexity index is 839. The summed E-state index contributed by atoms with van der Waals surface area (Å²) in [6.45, 7) is 2.80. The highest BCUT2D eigenvalue weighted by Gasteiger charge is 2.33. The minimum Gasteiger partial charge on any atom is -0.497 e. The SMILES string of the molecule is CN=C(NCc1nc(C(F)(F)F)cs1)NCC1CCN(c2cccc(OC)c2)C1. The van der Waals surface area contributed by atoms with Crippen LogP contribution in [0.2, 0.25) is 0 Å². The van der Waals surface area contributed by atoms with Gasteiger partial charge in [-0.3, -0.25) is 4.99 Å². The molecule has 0 radical (unpaired) electrons. The number of hydrogen-bond acceptors (Lipinski definition) is 5. The van der Waals surface area contributed by atoms with Crippen molar-refractivity contribution in [3.05, 3.63) is 40.3 Å². The topological polar surface area (TPSA) is 61.8 Å². The van der Waals surface area contributed by atoms with E-state index < -0.39 is 11.9 Å². The van der Waals surface area contributed by atoms with Crippen LogP contribution in [-0.2, 0) is 12.7 Å². The fourth-order valence-corrected chi connectivity index (χ4v) is 3.92. The van der Waals surface area contributed by atoms with E-state index in [2.05, 4.69) is 31.6 Å². The summed E-state index contributed by atoms with van der Waals surface area (Å²) < 4.78 is 43.2. The molecule has 3 rings (SSSR count). The number of hydrogen-bond donors (Lipinski definition) is 2. The lowest BCUT2D eigenvalue weighted by Crippen LogP contribution is -2.39. The van der Waals surface area contributed by atoms with Crippen LogP contribution in [0.5, 0.6) is 5.75 Å². The summed E-state index contributed by atoms with van der Waals surface area (Å²) in [5, 5.41) is 7.67. The molecule has 1 aromatic carbocycles. The number of halogens is 3. The number of aliphatic imine (C=N–C) groups is 1. The number of ether oxygens (including phenoxy) is 1. The number of guanidine groups is 1. The summed E-state index contributed by atoms with van der Waals surface area (Å²) in [5.74, 6) is 1.83. The molecule has 1 unspecified atom stereocenters. The van der Waals surface area contributed by atoms with Gasteiger partial charge in [0.2, 0.25) is 0 Å². The summed E-state index contributed by atoms with van der Waals surface area (Å²) in [6.07, 6.45) is -3.37. The van der Waals surface area contributed by atoms with Gasteiger partial charge in [0, 0.05) is 43.8 Å². The number of nitrogens with one attached hydrogen (secondary N) is 2. The number of aromatic nitrogens is 1. The van der Waals surface area contributed by atoms with Gasteiger partial charge in [-0.15, -0.1) is 11.3 Å². The van der Waals surface area contributed by atoms with Gasteiger partial charge in [-0.2, -0.15) is 13.2 Å². The molecule has 6 nitrogen and oxygen atoms in total. The molecule has 158 valence electrons. The van der Waals surface area contributed by atoms with Crippen molar-refractivity contribution in [3.8, 4) is 5.75 Å². The summed E-state index contributed by atoms with van der Waals surface area (Å²) in [6, 6.07) is 8.00. The molecule has 2 aromatic rings. The van der Waals surface area contributed by atoms with E-state index in [4.69, 9.17) is 4.74 Å². The Morgan fingerprint density at radius 1 is 1.38 bits per heavy atom. The Kier molecular flexibility index (Phi) is 6.83. The van der Waals surface area contributed by atoms with Crippen molar-refractivity contribution < 1.29 is 17.9 Å².